The van der Waals surface area contributed by atoms with Gasteiger partial charge in [-0.05, 0) is 36.2 Å². The van der Waals surface area contributed by atoms with Gasteiger partial charge in [-0.3, -0.25) is 9.59 Å². The van der Waals surface area contributed by atoms with Crippen LogP contribution in [0.25, 0.3) is 0 Å². The van der Waals surface area contributed by atoms with Gasteiger partial charge in [0.2, 0.25) is 0 Å². The van der Waals surface area contributed by atoms with Crippen LogP contribution in [0, 0.1) is 5.82 Å². The van der Waals surface area contributed by atoms with E-state index in [1.54, 1.807) is 17.0 Å². The Hall–Kier alpha value is -3.28. The first kappa shape index (κ1) is 17.5. The normalized spacial score (nSPS) is 11.8. The number of hydrogen-bond acceptors (Lipinski definition) is 3. The molecule has 0 aliphatic heterocycles. The van der Waals surface area contributed by atoms with E-state index in [0.717, 1.165) is 11.1 Å². The van der Waals surface area contributed by atoms with Gasteiger partial charge in [-0.15, -0.1) is 0 Å². The SMILES string of the molecule is C[C@@H](c1ccccc1)N(Cc1ccc(F)cc1)C(=O)c1ccc(=O)[nH]n1. The van der Waals surface area contributed by atoms with Crippen LogP contribution in [0.3, 0.4) is 0 Å². The summed E-state index contributed by atoms with van der Waals surface area (Å²) >= 11 is 0. The van der Waals surface area contributed by atoms with Crippen molar-refractivity contribution in [1.82, 2.24) is 15.1 Å². The monoisotopic (exact) mass is 351 g/mol. The van der Waals surface area contributed by atoms with Crippen LogP contribution in [-0.4, -0.2) is 21.0 Å². The number of rotatable bonds is 5. The number of hydrogen-bond donors (Lipinski definition) is 1. The van der Waals surface area contributed by atoms with Gasteiger partial charge in [-0.2, -0.15) is 5.10 Å². The molecular formula is C20H18FN3O2. The Morgan fingerprint density at radius 2 is 1.77 bits per heavy atom. The quantitative estimate of drug-likeness (QED) is 0.767. The van der Waals surface area contributed by atoms with Crippen LogP contribution in [0.1, 0.15) is 34.6 Å². The van der Waals surface area contributed by atoms with E-state index in [-0.39, 0.29) is 35.6 Å². The number of carbonyl (C=O) groups excluding carboxylic acids is 1. The molecule has 0 bridgehead atoms. The number of nitrogens with one attached hydrogen (secondary N) is 1. The van der Waals surface area contributed by atoms with Gasteiger partial charge in [0.05, 0.1) is 6.04 Å². The molecule has 1 heterocycles. The molecule has 0 aliphatic carbocycles. The van der Waals surface area contributed by atoms with Crippen molar-refractivity contribution in [3.8, 4) is 0 Å². The fourth-order valence-corrected chi connectivity index (χ4v) is 2.69. The van der Waals surface area contributed by atoms with Crippen molar-refractivity contribution in [1.29, 1.82) is 0 Å². The van der Waals surface area contributed by atoms with E-state index in [1.165, 1.54) is 24.3 Å². The predicted octanol–water partition coefficient (Wildman–Crippen LogP) is 3.31. The number of aromatic nitrogens is 2. The second kappa shape index (κ2) is 7.74. The minimum atomic E-state index is -0.372. The standard InChI is InChI=1S/C20H18FN3O2/c1-14(16-5-3-2-4-6-16)24(13-15-7-9-17(21)10-8-15)20(26)18-11-12-19(25)23-22-18/h2-12,14H,13H2,1H3,(H,23,25)/t14-/m0/s1. The van der Waals surface area contributed by atoms with E-state index in [2.05, 4.69) is 10.2 Å². The lowest BCUT2D eigenvalue weighted by Gasteiger charge is -2.29. The van der Waals surface area contributed by atoms with Crippen molar-refractivity contribution in [3.63, 3.8) is 0 Å². The van der Waals surface area contributed by atoms with Crippen LogP contribution < -0.4 is 5.56 Å². The van der Waals surface area contributed by atoms with Crippen LogP contribution in [0.2, 0.25) is 0 Å². The summed E-state index contributed by atoms with van der Waals surface area (Å²) in [5.74, 6) is -0.646. The molecule has 1 aromatic heterocycles. The molecule has 26 heavy (non-hydrogen) atoms. The number of aromatic amines is 1. The second-order valence-electron chi connectivity index (χ2n) is 5.95. The Morgan fingerprint density at radius 3 is 2.38 bits per heavy atom. The van der Waals surface area contributed by atoms with Gasteiger partial charge in [-0.25, -0.2) is 9.49 Å². The third-order valence-corrected chi connectivity index (χ3v) is 4.17. The highest BCUT2D eigenvalue weighted by atomic mass is 19.1. The minimum absolute atomic E-state index is 0.148. The number of halogens is 1. The molecule has 132 valence electrons. The van der Waals surface area contributed by atoms with Crippen molar-refractivity contribution in [2.45, 2.75) is 19.5 Å². The fraction of sp³-hybridized carbons (Fsp3) is 0.150. The highest BCUT2D eigenvalue weighted by molar-refractivity contribution is 5.92. The number of carbonyl (C=O) groups is 1. The first-order chi connectivity index (χ1) is 12.5. The van der Waals surface area contributed by atoms with E-state index in [4.69, 9.17) is 0 Å². The highest BCUT2D eigenvalue weighted by Crippen LogP contribution is 2.24. The molecule has 0 radical (unpaired) electrons. The maximum atomic E-state index is 13.2. The Kier molecular flexibility index (Phi) is 5.22. The zero-order valence-electron chi connectivity index (χ0n) is 14.2. The first-order valence-corrected chi connectivity index (χ1v) is 8.20. The molecule has 0 saturated heterocycles. The van der Waals surface area contributed by atoms with Crippen molar-refractivity contribution in [3.05, 3.63) is 99.7 Å². The Bertz CT molecular complexity index is 919. The molecule has 0 saturated carbocycles. The van der Waals surface area contributed by atoms with Crippen molar-refractivity contribution >= 4 is 5.91 Å². The van der Waals surface area contributed by atoms with Crippen molar-refractivity contribution in [2.24, 2.45) is 0 Å². The van der Waals surface area contributed by atoms with Crippen LogP contribution in [-0.2, 0) is 6.54 Å². The van der Waals surface area contributed by atoms with E-state index in [9.17, 15) is 14.0 Å². The molecule has 1 N–H and O–H groups in total. The first-order valence-electron chi connectivity index (χ1n) is 8.20. The summed E-state index contributed by atoms with van der Waals surface area (Å²) in [7, 11) is 0. The molecule has 6 heteroatoms. The lowest BCUT2D eigenvalue weighted by atomic mass is 10.1. The van der Waals surface area contributed by atoms with Gasteiger partial charge in [0.15, 0.2) is 0 Å². The summed E-state index contributed by atoms with van der Waals surface area (Å²) in [6.07, 6.45) is 0. The van der Waals surface area contributed by atoms with Gasteiger partial charge in [-0.1, -0.05) is 42.5 Å². The summed E-state index contributed by atoms with van der Waals surface area (Å²) < 4.78 is 13.2. The van der Waals surface area contributed by atoms with E-state index in [0.29, 0.717) is 0 Å². The van der Waals surface area contributed by atoms with E-state index >= 15 is 0 Å². The third kappa shape index (κ3) is 4.03. The minimum Gasteiger partial charge on any atom is -0.326 e. The van der Waals surface area contributed by atoms with Gasteiger partial charge in [0.25, 0.3) is 11.5 Å². The number of benzene rings is 2. The molecule has 0 unspecified atom stereocenters. The molecular weight excluding hydrogens is 333 g/mol. The highest BCUT2D eigenvalue weighted by Gasteiger charge is 2.24. The molecule has 5 nitrogen and oxygen atoms in total. The lowest BCUT2D eigenvalue weighted by molar-refractivity contribution is 0.0666. The topological polar surface area (TPSA) is 66.1 Å². The molecule has 0 fully saturated rings. The summed E-state index contributed by atoms with van der Waals surface area (Å²) in [5.41, 5.74) is 1.54. The smallest absolute Gasteiger partial charge is 0.275 e. The van der Waals surface area contributed by atoms with Crippen LogP contribution in [0.4, 0.5) is 4.39 Å². The molecule has 0 aliphatic rings. The summed E-state index contributed by atoms with van der Waals surface area (Å²) in [6.45, 7) is 2.21. The molecule has 1 amide bonds. The Balaban J connectivity index is 1.94. The zero-order chi connectivity index (χ0) is 18.5. The van der Waals surface area contributed by atoms with Crippen molar-refractivity contribution in [2.75, 3.05) is 0 Å². The van der Waals surface area contributed by atoms with E-state index in [1.807, 2.05) is 37.3 Å². The van der Waals surface area contributed by atoms with Crippen LogP contribution in [0.5, 0.6) is 0 Å². The van der Waals surface area contributed by atoms with Crippen LogP contribution >= 0.6 is 0 Å². The molecule has 1 atom stereocenters. The third-order valence-electron chi connectivity index (χ3n) is 4.17. The molecule has 3 aromatic rings. The largest absolute Gasteiger partial charge is 0.326 e. The van der Waals surface area contributed by atoms with Gasteiger partial charge in [0, 0.05) is 12.6 Å². The predicted molar refractivity (Wildman–Crippen MR) is 96.0 cm³/mol. The van der Waals surface area contributed by atoms with Gasteiger partial charge in [0.1, 0.15) is 11.5 Å². The number of amides is 1. The number of H-pyrrole nitrogens is 1. The maximum Gasteiger partial charge on any atom is 0.275 e. The van der Waals surface area contributed by atoms with E-state index < -0.39 is 0 Å². The maximum absolute atomic E-state index is 13.2. The second-order valence-corrected chi connectivity index (χ2v) is 5.95. The number of nitrogens with zero attached hydrogens (tertiary/aromatic N) is 2. The Morgan fingerprint density at radius 1 is 1.08 bits per heavy atom. The summed E-state index contributed by atoms with van der Waals surface area (Å²) in [5, 5.41) is 6.13. The van der Waals surface area contributed by atoms with Gasteiger partial charge < -0.3 is 4.90 Å². The summed E-state index contributed by atoms with van der Waals surface area (Å²) in [6, 6.07) is 18.1. The summed E-state index contributed by atoms with van der Waals surface area (Å²) in [4.78, 5) is 25.9. The van der Waals surface area contributed by atoms with Crippen molar-refractivity contribution < 1.29 is 9.18 Å². The molecule has 0 spiro atoms. The molecule has 2 aromatic carbocycles. The lowest BCUT2D eigenvalue weighted by Crippen LogP contribution is -2.34. The fourth-order valence-electron chi connectivity index (χ4n) is 2.69. The molecule has 3 rings (SSSR count). The van der Waals surface area contributed by atoms with Crippen LogP contribution in [0.15, 0.2) is 71.5 Å². The zero-order valence-corrected chi connectivity index (χ0v) is 14.2. The Labute approximate surface area is 150 Å². The van der Waals surface area contributed by atoms with Gasteiger partial charge >= 0.3 is 0 Å². The average molecular weight is 351 g/mol. The average Bonchev–Trinajstić information content (AvgIpc) is 2.68.